The van der Waals surface area contributed by atoms with Crippen molar-refractivity contribution in [3.05, 3.63) is 117 Å². The van der Waals surface area contributed by atoms with E-state index < -0.39 is 4.92 Å². The summed E-state index contributed by atoms with van der Waals surface area (Å²) in [7, 11) is 0. The van der Waals surface area contributed by atoms with E-state index in [2.05, 4.69) is 15.1 Å². The summed E-state index contributed by atoms with van der Waals surface area (Å²) in [5.74, 6) is -0.166. The van der Waals surface area contributed by atoms with E-state index in [4.69, 9.17) is 0 Å². The van der Waals surface area contributed by atoms with Gasteiger partial charge in [0, 0.05) is 34.8 Å². The minimum absolute atomic E-state index is 0.0736. The van der Waals surface area contributed by atoms with Crippen molar-refractivity contribution in [1.29, 1.82) is 0 Å². The van der Waals surface area contributed by atoms with Gasteiger partial charge in [-0.3, -0.25) is 14.9 Å². The van der Waals surface area contributed by atoms with Crippen molar-refractivity contribution in [3.63, 3.8) is 0 Å². The minimum Gasteiger partial charge on any atom is -0.318 e. The molecule has 7 nitrogen and oxygen atoms in total. The second-order valence-corrected chi connectivity index (χ2v) is 8.47. The number of nitrogens with zero attached hydrogens (tertiary/aromatic N) is 3. The van der Waals surface area contributed by atoms with Crippen LogP contribution < -0.4 is 5.43 Å². The normalized spacial score (nSPS) is 11.1. The third-order valence-electron chi connectivity index (χ3n) is 5.89. The molecule has 0 aliphatic carbocycles. The first-order valence-corrected chi connectivity index (χ1v) is 11.2. The number of benzene rings is 3. The number of carbonyl (C=O) groups excluding carboxylic acids is 1. The third kappa shape index (κ3) is 5.52. The van der Waals surface area contributed by atoms with Gasteiger partial charge in [0.1, 0.15) is 0 Å². The molecule has 4 aromatic rings. The summed E-state index contributed by atoms with van der Waals surface area (Å²) in [6.07, 6.45) is 1.94. The van der Waals surface area contributed by atoms with Gasteiger partial charge in [0.25, 0.3) is 5.69 Å². The summed E-state index contributed by atoms with van der Waals surface area (Å²) in [5, 5.41) is 15.0. The van der Waals surface area contributed by atoms with Gasteiger partial charge in [-0.25, -0.2) is 5.43 Å². The van der Waals surface area contributed by atoms with E-state index in [0.29, 0.717) is 0 Å². The van der Waals surface area contributed by atoms with Crippen LogP contribution in [0.1, 0.15) is 28.1 Å². The maximum atomic E-state index is 12.2. The number of amides is 1. The second-order valence-electron chi connectivity index (χ2n) is 8.47. The highest BCUT2D eigenvalue weighted by atomic mass is 16.6. The molecule has 3 aromatic carbocycles. The second kappa shape index (κ2) is 10.2. The third-order valence-corrected chi connectivity index (χ3v) is 5.89. The van der Waals surface area contributed by atoms with Gasteiger partial charge >= 0.3 is 0 Å². The highest BCUT2D eigenvalue weighted by molar-refractivity contribution is 5.85. The number of non-ortho nitro benzene ring substituents is 1. The first kappa shape index (κ1) is 23.6. The predicted octanol–water partition coefficient (Wildman–Crippen LogP) is 5.67. The number of nitrogens with one attached hydrogen (secondary N) is 1. The lowest BCUT2D eigenvalue weighted by atomic mass is 10.0. The Morgan fingerprint density at radius 1 is 0.943 bits per heavy atom. The van der Waals surface area contributed by atoms with E-state index in [1.165, 1.54) is 12.1 Å². The number of carbonyl (C=O) groups is 1. The van der Waals surface area contributed by atoms with Crippen LogP contribution in [0.4, 0.5) is 5.69 Å². The van der Waals surface area contributed by atoms with Crippen LogP contribution in [-0.4, -0.2) is 21.6 Å². The number of hydrogen-bond donors (Lipinski definition) is 1. The molecular weight excluding hydrogens is 440 g/mol. The van der Waals surface area contributed by atoms with Gasteiger partial charge in [-0.1, -0.05) is 42.0 Å². The number of rotatable bonds is 7. The monoisotopic (exact) mass is 466 g/mol. The quantitative estimate of drug-likeness (QED) is 0.216. The Hall–Kier alpha value is -4.52. The zero-order valence-corrected chi connectivity index (χ0v) is 19.9. The molecule has 0 saturated carbocycles. The Balaban J connectivity index is 1.45. The Bertz CT molecular complexity index is 1380. The topological polar surface area (TPSA) is 89.5 Å². The molecule has 0 spiro atoms. The van der Waals surface area contributed by atoms with Gasteiger partial charge in [0.05, 0.1) is 17.6 Å². The van der Waals surface area contributed by atoms with Crippen LogP contribution in [0.3, 0.4) is 0 Å². The van der Waals surface area contributed by atoms with Gasteiger partial charge < -0.3 is 4.57 Å². The van der Waals surface area contributed by atoms with E-state index in [1.54, 1.807) is 18.3 Å². The summed E-state index contributed by atoms with van der Waals surface area (Å²) < 4.78 is 2.12. The molecule has 1 N–H and O–H groups in total. The van der Waals surface area contributed by atoms with Crippen molar-refractivity contribution in [1.82, 2.24) is 9.99 Å². The van der Waals surface area contributed by atoms with Crippen molar-refractivity contribution < 1.29 is 9.72 Å². The average molecular weight is 467 g/mol. The number of aryl methyl sites for hydroxylation is 2. The van der Waals surface area contributed by atoms with E-state index in [1.807, 2.05) is 75.4 Å². The van der Waals surface area contributed by atoms with E-state index in [-0.39, 0.29) is 18.0 Å². The fourth-order valence-electron chi connectivity index (χ4n) is 4.00. The molecule has 0 atom stereocenters. The van der Waals surface area contributed by atoms with E-state index in [0.717, 1.165) is 44.9 Å². The molecule has 176 valence electrons. The van der Waals surface area contributed by atoms with Crippen LogP contribution in [-0.2, 0) is 11.2 Å². The number of aromatic nitrogens is 1. The smallest absolute Gasteiger partial charge is 0.269 e. The Morgan fingerprint density at radius 2 is 1.54 bits per heavy atom. The van der Waals surface area contributed by atoms with Gasteiger partial charge in [-0.05, 0) is 67.8 Å². The highest BCUT2D eigenvalue weighted by Gasteiger charge is 2.11. The summed E-state index contributed by atoms with van der Waals surface area (Å²) in [5.41, 5.74) is 10.6. The Kier molecular flexibility index (Phi) is 6.87. The van der Waals surface area contributed by atoms with Crippen molar-refractivity contribution >= 4 is 17.8 Å². The standard InChI is InChI=1S/C28H26N4O3/c1-19-4-6-22(7-5-19)17-28(33)30-29-18-25-16-20(2)31(21(25)3)26-12-8-23(9-13-26)24-10-14-27(15-11-24)32(34)35/h4-16,18H,17H2,1-3H3,(H,30,33)/b29-18+. The zero-order chi connectivity index (χ0) is 24.9. The first-order valence-electron chi connectivity index (χ1n) is 11.2. The molecule has 0 unspecified atom stereocenters. The molecule has 0 radical (unpaired) electrons. The summed E-state index contributed by atoms with van der Waals surface area (Å²) in [6, 6.07) is 24.4. The summed E-state index contributed by atoms with van der Waals surface area (Å²) in [4.78, 5) is 22.7. The van der Waals surface area contributed by atoms with E-state index >= 15 is 0 Å². The van der Waals surface area contributed by atoms with Crippen LogP contribution in [0.2, 0.25) is 0 Å². The predicted molar refractivity (Wildman–Crippen MR) is 138 cm³/mol. The maximum absolute atomic E-state index is 12.2. The molecule has 4 rings (SSSR count). The molecule has 1 amide bonds. The molecular formula is C28H26N4O3. The number of hydrazone groups is 1. The van der Waals surface area contributed by atoms with Crippen LogP contribution in [0.15, 0.2) is 84.0 Å². The van der Waals surface area contributed by atoms with Gasteiger partial charge in [0.15, 0.2) is 0 Å². The van der Waals surface area contributed by atoms with E-state index in [9.17, 15) is 14.9 Å². The lowest BCUT2D eigenvalue weighted by molar-refractivity contribution is -0.384. The molecule has 0 fully saturated rings. The van der Waals surface area contributed by atoms with Crippen LogP contribution in [0.25, 0.3) is 16.8 Å². The van der Waals surface area contributed by atoms with Gasteiger partial charge in [-0.15, -0.1) is 0 Å². The maximum Gasteiger partial charge on any atom is 0.269 e. The van der Waals surface area contributed by atoms with Crippen LogP contribution in [0.5, 0.6) is 0 Å². The van der Waals surface area contributed by atoms with Crippen molar-refractivity contribution in [3.8, 4) is 16.8 Å². The van der Waals surface area contributed by atoms with Crippen LogP contribution >= 0.6 is 0 Å². The SMILES string of the molecule is Cc1ccc(CC(=O)N/N=C/c2cc(C)n(-c3ccc(-c4ccc([N+](=O)[O-])cc4)cc3)c2C)cc1. The van der Waals surface area contributed by atoms with Crippen molar-refractivity contribution in [2.75, 3.05) is 0 Å². The highest BCUT2D eigenvalue weighted by Crippen LogP contribution is 2.25. The fourth-order valence-corrected chi connectivity index (χ4v) is 4.00. The minimum atomic E-state index is -0.402. The molecule has 0 bridgehead atoms. The molecule has 35 heavy (non-hydrogen) atoms. The summed E-state index contributed by atoms with van der Waals surface area (Å²) >= 11 is 0. The molecule has 0 saturated heterocycles. The largest absolute Gasteiger partial charge is 0.318 e. The number of nitro groups is 1. The zero-order valence-electron chi connectivity index (χ0n) is 19.9. The fraction of sp³-hybridized carbons (Fsp3) is 0.143. The molecule has 0 aliphatic heterocycles. The molecule has 7 heteroatoms. The lowest BCUT2D eigenvalue weighted by Crippen LogP contribution is -2.19. The number of hydrogen-bond acceptors (Lipinski definition) is 4. The van der Waals surface area contributed by atoms with Crippen LogP contribution in [0, 0.1) is 30.9 Å². The van der Waals surface area contributed by atoms with Crippen molar-refractivity contribution in [2.45, 2.75) is 27.2 Å². The average Bonchev–Trinajstić information content (AvgIpc) is 3.13. The molecule has 0 aliphatic rings. The Morgan fingerprint density at radius 3 is 2.14 bits per heavy atom. The summed E-state index contributed by atoms with van der Waals surface area (Å²) in [6.45, 7) is 6.04. The lowest BCUT2D eigenvalue weighted by Gasteiger charge is -2.11. The number of nitro benzene ring substituents is 1. The van der Waals surface area contributed by atoms with Crippen molar-refractivity contribution in [2.24, 2.45) is 5.10 Å². The van der Waals surface area contributed by atoms with Gasteiger partial charge in [-0.2, -0.15) is 5.10 Å². The Labute approximate surface area is 203 Å². The van der Waals surface area contributed by atoms with Gasteiger partial charge in [0.2, 0.25) is 5.91 Å². The molecule has 1 aromatic heterocycles. The molecule has 1 heterocycles. The first-order chi connectivity index (χ1) is 16.8.